The quantitative estimate of drug-likeness (QED) is 0.152. The van der Waals surface area contributed by atoms with Gasteiger partial charge in [0.25, 0.3) is 0 Å². The first-order chi connectivity index (χ1) is 17.1. The fraction of sp³-hybridized carbons (Fsp3) is 0.677. The molecule has 0 bridgehead atoms. The fourth-order valence-corrected chi connectivity index (χ4v) is 12.1. The predicted octanol–water partition coefficient (Wildman–Crippen LogP) is 10.3. The normalized spacial score (nSPS) is 21.2. The van der Waals surface area contributed by atoms with Gasteiger partial charge in [-0.05, 0) is 103 Å². The molecule has 1 heterocycles. The van der Waals surface area contributed by atoms with Gasteiger partial charge in [-0.2, -0.15) is 6.67 Å². The molecule has 1 aliphatic heterocycles. The van der Waals surface area contributed by atoms with Gasteiger partial charge in [-0.1, -0.05) is 37.5 Å². The van der Waals surface area contributed by atoms with Crippen LogP contribution in [-0.2, 0) is 17.3 Å². The van der Waals surface area contributed by atoms with E-state index in [2.05, 4.69) is 52.5 Å². The van der Waals surface area contributed by atoms with Crippen LogP contribution in [-0.4, -0.2) is 22.5 Å². The number of benzene rings is 1. The zero-order valence-electron chi connectivity index (χ0n) is 23.2. The minimum absolute atomic E-state index is 0. The number of hydrogen-bond acceptors (Lipinski definition) is 2. The average Bonchev–Trinajstić information content (AvgIpc) is 3.38. The number of para-hydroxylation sites is 2. The molecule has 3 fully saturated rings. The second-order valence-corrected chi connectivity index (χ2v) is 15.0. The summed E-state index contributed by atoms with van der Waals surface area (Å²) in [6, 6.07) is 8.26. The molecule has 3 aliphatic carbocycles. The van der Waals surface area contributed by atoms with Crippen molar-refractivity contribution < 1.29 is 17.3 Å². The van der Waals surface area contributed by atoms with Crippen molar-refractivity contribution in [1.82, 2.24) is 0 Å². The monoisotopic (exact) mass is 621 g/mol. The average molecular weight is 622 g/mol. The number of nitrogens with one attached hydrogen (secondary N) is 1. The number of hydrogen-bond donors (Lipinski definition) is 1. The first kappa shape index (κ1) is 32.1. The molecule has 206 valence electrons. The molecule has 4 aliphatic rings. The van der Waals surface area contributed by atoms with E-state index in [1.165, 1.54) is 22.7 Å². The Balaban J connectivity index is 0.000000240. The third kappa shape index (κ3) is 8.71. The van der Waals surface area contributed by atoms with E-state index in [4.69, 9.17) is 0 Å². The molecule has 0 spiro atoms. The summed E-state index contributed by atoms with van der Waals surface area (Å²) in [7, 11) is 4.48. The van der Waals surface area contributed by atoms with Crippen LogP contribution in [0.15, 0.2) is 36.9 Å². The van der Waals surface area contributed by atoms with Gasteiger partial charge in [0.1, 0.15) is 0 Å². The predicted molar refractivity (Wildman–Crippen MR) is 162 cm³/mol. The van der Waals surface area contributed by atoms with Gasteiger partial charge in [0.05, 0.1) is 17.0 Å². The Morgan fingerprint density at radius 1 is 0.861 bits per heavy atom. The van der Waals surface area contributed by atoms with Crippen molar-refractivity contribution in [2.75, 3.05) is 10.2 Å². The third-order valence-electron chi connectivity index (χ3n) is 8.86. The zero-order valence-corrected chi connectivity index (χ0v) is 26.6. The van der Waals surface area contributed by atoms with Gasteiger partial charge in [0, 0.05) is 24.8 Å². The number of halogens is 1. The Hall–Kier alpha value is -0.0966. The molecule has 2 nitrogen and oxygen atoms in total. The number of rotatable bonds is 5. The van der Waals surface area contributed by atoms with Crippen molar-refractivity contribution in [2.24, 2.45) is 0 Å². The molecule has 0 amide bonds. The molecule has 5 heteroatoms. The van der Waals surface area contributed by atoms with Gasteiger partial charge in [-0.25, -0.2) is 0 Å². The number of nitrogens with zero attached hydrogens (tertiary/aromatic N) is 1. The SMILES string of the molecule is C1CCC([PH+](C2CCCCC2)C2CCCCC2)CC1.C=CC(C)(C)N1[CH-]Nc2ccccc21.[CH3-].[Cl][Rh+2]. The van der Waals surface area contributed by atoms with E-state index < -0.39 is 0 Å². The summed E-state index contributed by atoms with van der Waals surface area (Å²) in [5, 5.41) is 3.24. The maximum absolute atomic E-state index is 4.53. The molecule has 36 heavy (non-hydrogen) atoms. The molecule has 0 atom stereocenters. The van der Waals surface area contributed by atoms with Crippen molar-refractivity contribution in [1.29, 1.82) is 0 Å². The third-order valence-corrected chi connectivity index (χ3v) is 13.4. The molecule has 1 N–H and O–H groups in total. The fourth-order valence-electron chi connectivity index (χ4n) is 6.89. The van der Waals surface area contributed by atoms with E-state index in [1.54, 1.807) is 96.3 Å². The van der Waals surface area contributed by atoms with Gasteiger partial charge < -0.3 is 17.6 Å². The molecule has 0 radical (unpaired) electrons. The Labute approximate surface area is 239 Å². The van der Waals surface area contributed by atoms with Gasteiger partial charge in [0.2, 0.25) is 0 Å². The van der Waals surface area contributed by atoms with Crippen molar-refractivity contribution >= 4 is 29.0 Å². The summed E-state index contributed by atoms with van der Waals surface area (Å²) in [5.74, 6) is 0. The summed E-state index contributed by atoms with van der Waals surface area (Å²) in [6.07, 6.45) is 25.7. The van der Waals surface area contributed by atoms with Crippen LogP contribution in [0.25, 0.3) is 0 Å². The van der Waals surface area contributed by atoms with Gasteiger partial charge >= 0.3 is 27.0 Å². The van der Waals surface area contributed by atoms with E-state index in [0.717, 1.165) is 5.69 Å². The van der Waals surface area contributed by atoms with Crippen molar-refractivity contribution in [3.63, 3.8) is 0 Å². The Morgan fingerprint density at radius 3 is 1.69 bits per heavy atom. The maximum atomic E-state index is 4.53. The second-order valence-electron chi connectivity index (χ2n) is 11.5. The summed E-state index contributed by atoms with van der Waals surface area (Å²) in [5.41, 5.74) is 5.99. The van der Waals surface area contributed by atoms with Crippen LogP contribution in [0.4, 0.5) is 11.4 Å². The standard InChI is InChI=1S/C18H33P.C12H15N2.CH3.ClH.Rh/c1-4-10-16(11-5-1)19(17-12-6-2-7-13-17)18-14-8-3-9-15-18;1-4-12(2,3)14-9-13-10-7-5-6-8-11(10)14;;;/h16-18H,1-15H2;4-9,13H,1H2,2-3H3;1H3;1H;/q;2*-1;;+3. The minimum atomic E-state index is -0.0559. The van der Waals surface area contributed by atoms with E-state index in [9.17, 15) is 0 Å². The molecule has 0 aromatic heterocycles. The van der Waals surface area contributed by atoms with Crippen molar-refractivity contribution in [3.05, 3.63) is 51.0 Å². The van der Waals surface area contributed by atoms with Crippen LogP contribution >= 0.6 is 17.6 Å². The number of anilines is 2. The second kappa shape index (κ2) is 16.8. The van der Waals surface area contributed by atoms with E-state index >= 15 is 0 Å². The molecule has 1 aromatic rings. The van der Waals surface area contributed by atoms with Crippen LogP contribution in [0.3, 0.4) is 0 Å². The molecule has 0 unspecified atom stereocenters. The Morgan fingerprint density at radius 2 is 1.28 bits per heavy atom. The molecule has 5 rings (SSSR count). The Bertz CT molecular complexity index is 697. The topological polar surface area (TPSA) is 15.3 Å². The van der Waals surface area contributed by atoms with Gasteiger partial charge in [0.15, 0.2) is 0 Å². The van der Waals surface area contributed by atoms with E-state index in [0.29, 0.717) is 0 Å². The molecular weight excluding hydrogens is 570 g/mol. The summed E-state index contributed by atoms with van der Waals surface area (Å²) >= 11 is 2.02. The van der Waals surface area contributed by atoms with Crippen LogP contribution < -0.4 is 10.2 Å². The van der Waals surface area contributed by atoms with Crippen LogP contribution in [0, 0.1) is 14.1 Å². The van der Waals surface area contributed by atoms with Crippen molar-refractivity contribution in [3.8, 4) is 0 Å². The first-order valence-corrected chi connectivity index (χ1v) is 18.1. The summed E-state index contributed by atoms with van der Waals surface area (Å²) in [4.78, 5) is 2.19. The first-order valence-electron chi connectivity index (χ1n) is 14.2. The summed E-state index contributed by atoms with van der Waals surface area (Å²) < 4.78 is 0. The van der Waals surface area contributed by atoms with E-state index in [-0.39, 0.29) is 20.9 Å². The molecular formula is C31H52ClN2PRh+. The van der Waals surface area contributed by atoms with Gasteiger partial charge in [-0.15, -0.1) is 6.58 Å². The van der Waals surface area contributed by atoms with Crippen LogP contribution in [0.2, 0.25) is 0 Å². The van der Waals surface area contributed by atoms with Crippen LogP contribution in [0.5, 0.6) is 0 Å². The molecule has 3 saturated carbocycles. The van der Waals surface area contributed by atoms with Gasteiger partial charge in [-0.3, -0.25) is 0 Å². The van der Waals surface area contributed by atoms with Crippen LogP contribution in [0.1, 0.15) is 110 Å². The summed E-state index contributed by atoms with van der Waals surface area (Å²) in [6.45, 7) is 10.1. The Kier molecular flexibility index (Phi) is 15.0. The van der Waals surface area contributed by atoms with E-state index in [1.807, 2.05) is 42.2 Å². The zero-order chi connectivity index (χ0) is 25.1. The van der Waals surface area contributed by atoms with Crippen molar-refractivity contribution in [2.45, 2.75) is 133 Å². The molecule has 1 aromatic carbocycles. The number of fused-ring (bicyclic) bond motifs is 1. The molecule has 0 saturated heterocycles.